The highest BCUT2D eigenvalue weighted by molar-refractivity contribution is 9.10. The van der Waals surface area contributed by atoms with Crippen molar-refractivity contribution < 1.29 is 5.11 Å². The van der Waals surface area contributed by atoms with Crippen LogP contribution >= 0.6 is 15.9 Å². The maximum atomic E-state index is 9.38. The number of phenolic OH excluding ortho intramolecular Hbond substituents is 1. The zero-order chi connectivity index (χ0) is 11.4. The molecule has 1 aromatic carbocycles. The second-order valence-corrected chi connectivity index (χ2v) is 5.39. The number of phenols is 1. The average molecular weight is 284 g/mol. The second kappa shape index (κ2) is 5.69. The SMILES string of the molecule is Oc1ccc(Br)c(CNCCC2CCC2)c1. The molecule has 1 aliphatic rings. The zero-order valence-electron chi connectivity index (χ0n) is 9.38. The van der Waals surface area contributed by atoms with Gasteiger partial charge in [-0.05, 0) is 42.6 Å². The summed E-state index contributed by atoms with van der Waals surface area (Å²) in [6.07, 6.45) is 5.54. The Morgan fingerprint density at radius 2 is 2.19 bits per heavy atom. The van der Waals surface area contributed by atoms with Gasteiger partial charge >= 0.3 is 0 Å². The van der Waals surface area contributed by atoms with Gasteiger partial charge in [0, 0.05) is 11.0 Å². The summed E-state index contributed by atoms with van der Waals surface area (Å²) in [7, 11) is 0. The Kier molecular flexibility index (Phi) is 4.24. The van der Waals surface area contributed by atoms with Gasteiger partial charge in [0.15, 0.2) is 0 Å². The highest BCUT2D eigenvalue weighted by Gasteiger charge is 2.16. The lowest BCUT2D eigenvalue weighted by molar-refractivity contribution is 0.292. The highest BCUT2D eigenvalue weighted by Crippen LogP contribution is 2.28. The molecule has 0 unspecified atom stereocenters. The van der Waals surface area contributed by atoms with E-state index in [-0.39, 0.29) is 0 Å². The quantitative estimate of drug-likeness (QED) is 0.812. The maximum Gasteiger partial charge on any atom is 0.115 e. The Morgan fingerprint density at radius 1 is 1.38 bits per heavy atom. The van der Waals surface area contributed by atoms with Crippen molar-refractivity contribution in [3.8, 4) is 5.75 Å². The van der Waals surface area contributed by atoms with Crippen LogP contribution in [0.3, 0.4) is 0 Å². The molecule has 0 bridgehead atoms. The standard InChI is InChI=1S/C13H18BrNO/c14-13-5-4-12(16)8-11(13)9-15-7-6-10-2-1-3-10/h4-5,8,10,15-16H,1-3,6-7,9H2. The van der Waals surface area contributed by atoms with Crippen LogP contribution in [0.25, 0.3) is 0 Å². The minimum Gasteiger partial charge on any atom is -0.508 e. The van der Waals surface area contributed by atoms with Crippen LogP contribution in [0, 0.1) is 5.92 Å². The molecule has 88 valence electrons. The first-order valence-electron chi connectivity index (χ1n) is 5.94. The summed E-state index contributed by atoms with van der Waals surface area (Å²) in [6, 6.07) is 5.39. The van der Waals surface area contributed by atoms with Crippen LogP contribution in [0.4, 0.5) is 0 Å². The van der Waals surface area contributed by atoms with E-state index >= 15 is 0 Å². The van der Waals surface area contributed by atoms with Gasteiger partial charge in [-0.3, -0.25) is 0 Å². The van der Waals surface area contributed by atoms with E-state index in [2.05, 4.69) is 21.2 Å². The van der Waals surface area contributed by atoms with Crippen LogP contribution < -0.4 is 5.32 Å². The van der Waals surface area contributed by atoms with Crippen molar-refractivity contribution in [3.05, 3.63) is 28.2 Å². The number of halogens is 1. The van der Waals surface area contributed by atoms with E-state index in [1.54, 1.807) is 12.1 Å². The fraction of sp³-hybridized carbons (Fsp3) is 0.538. The third kappa shape index (κ3) is 3.22. The summed E-state index contributed by atoms with van der Waals surface area (Å²) in [6.45, 7) is 1.90. The van der Waals surface area contributed by atoms with Gasteiger partial charge < -0.3 is 10.4 Å². The second-order valence-electron chi connectivity index (χ2n) is 4.54. The zero-order valence-corrected chi connectivity index (χ0v) is 11.0. The first-order valence-corrected chi connectivity index (χ1v) is 6.73. The summed E-state index contributed by atoms with van der Waals surface area (Å²) in [5.74, 6) is 1.29. The molecule has 0 aliphatic heterocycles. The fourth-order valence-electron chi connectivity index (χ4n) is 2.01. The van der Waals surface area contributed by atoms with Gasteiger partial charge in [-0.1, -0.05) is 35.2 Å². The average Bonchev–Trinajstić information content (AvgIpc) is 2.20. The number of benzene rings is 1. The van der Waals surface area contributed by atoms with Gasteiger partial charge in [-0.25, -0.2) is 0 Å². The molecule has 0 spiro atoms. The molecule has 2 rings (SSSR count). The third-order valence-corrected chi connectivity index (χ3v) is 4.07. The summed E-state index contributed by atoms with van der Waals surface area (Å²) in [4.78, 5) is 0. The summed E-state index contributed by atoms with van der Waals surface area (Å²) in [5, 5.41) is 12.8. The number of aromatic hydroxyl groups is 1. The molecule has 0 aromatic heterocycles. The lowest BCUT2D eigenvalue weighted by Crippen LogP contribution is -2.21. The topological polar surface area (TPSA) is 32.3 Å². The van der Waals surface area contributed by atoms with E-state index in [0.717, 1.165) is 29.0 Å². The van der Waals surface area contributed by atoms with Gasteiger partial charge in [0.25, 0.3) is 0 Å². The molecule has 0 atom stereocenters. The molecule has 2 N–H and O–H groups in total. The highest BCUT2D eigenvalue weighted by atomic mass is 79.9. The van der Waals surface area contributed by atoms with Crippen LogP contribution in [0.5, 0.6) is 5.75 Å². The molecule has 0 saturated heterocycles. The lowest BCUT2D eigenvalue weighted by Gasteiger charge is -2.25. The Bertz CT molecular complexity index is 350. The van der Waals surface area contributed by atoms with Crippen molar-refractivity contribution in [2.75, 3.05) is 6.54 Å². The van der Waals surface area contributed by atoms with Crippen LogP contribution in [0.2, 0.25) is 0 Å². The molecule has 16 heavy (non-hydrogen) atoms. The van der Waals surface area contributed by atoms with Gasteiger partial charge in [0.2, 0.25) is 0 Å². The largest absolute Gasteiger partial charge is 0.508 e. The predicted molar refractivity (Wildman–Crippen MR) is 69.5 cm³/mol. The molecular formula is C13H18BrNO. The van der Waals surface area contributed by atoms with Crippen LogP contribution in [0.1, 0.15) is 31.2 Å². The minimum atomic E-state index is 0.332. The Hall–Kier alpha value is -0.540. The van der Waals surface area contributed by atoms with Crippen LogP contribution in [0.15, 0.2) is 22.7 Å². The van der Waals surface area contributed by atoms with Crippen molar-refractivity contribution in [2.45, 2.75) is 32.2 Å². The van der Waals surface area contributed by atoms with Crippen molar-refractivity contribution in [1.82, 2.24) is 5.32 Å². The first-order chi connectivity index (χ1) is 7.75. The van der Waals surface area contributed by atoms with Crippen molar-refractivity contribution in [1.29, 1.82) is 0 Å². The molecule has 2 nitrogen and oxygen atoms in total. The van der Waals surface area contributed by atoms with Gasteiger partial charge in [-0.2, -0.15) is 0 Å². The first kappa shape index (κ1) is 11.9. The van der Waals surface area contributed by atoms with Crippen LogP contribution in [-0.2, 0) is 6.54 Å². The molecule has 1 saturated carbocycles. The Balaban J connectivity index is 1.73. The summed E-state index contributed by atoms with van der Waals surface area (Å²) >= 11 is 3.49. The van der Waals surface area contributed by atoms with Crippen molar-refractivity contribution in [3.63, 3.8) is 0 Å². The van der Waals surface area contributed by atoms with Crippen molar-refractivity contribution in [2.24, 2.45) is 5.92 Å². The normalized spacial score (nSPS) is 16.1. The molecule has 0 amide bonds. The Morgan fingerprint density at radius 3 is 2.88 bits per heavy atom. The van der Waals surface area contributed by atoms with E-state index in [1.165, 1.54) is 25.7 Å². The van der Waals surface area contributed by atoms with E-state index in [0.29, 0.717) is 5.75 Å². The smallest absolute Gasteiger partial charge is 0.115 e. The molecule has 0 heterocycles. The van der Waals surface area contributed by atoms with E-state index in [1.807, 2.05) is 6.07 Å². The fourth-order valence-corrected chi connectivity index (χ4v) is 2.39. The molecular weight excluding hydrogens is 266 g/mol. The molecule has 0 radical (unpaired) electrons. The third-order valence-electron chi connectivity index (χ3n) is 3.30. The Labute approximate surface area is 105 Å². The molecule has 1 fully saturated rings. The van der Waals surface area contributed by atoms with Gasteiger partial charge in [-0.15, -0.1) is 0 Å². The van der Waals surface area contributed by atoms with E-state index in [9.17, 15) is 5.11 Å². The minimum absolute atomic E-state index is 0.332. The number of hydrogen-bond acceptors (Lipinski definition) is 2. The monoisotopic (exact) mass is 283 g/mol. The summed E-state index contributed by atoms with van der Waals surface area (Å²) < 4.78 is 1.06. The van der Waals surface area contributed by atoms with Gasteiger partial charge in [0.1, 0.15) is 5.75 Å². The maximum absolute atomic E-state index is 9.38. The molecule has 3 heteroatoms. The van der Waals surface area contributed by atoms with Crippen LogP contribution in [-0.4, -0.2) is 11.7 Å². The van der Waals surface area contributed by atoms with Gasteiger partial charge in [0.05, 0.1) is 0 Å². The predicted octanol–water partition coefficient (Wildman–Crippen LogP) is 3.43. The number of nitrogens with one attached hydrogen (secondary N) is 1. The van der Waals surface area contributed by atoms with Crippen molar-refractivity contribution >= 4 is 15.9 Å². The van der Waals surface area contributed by atoms with E-state index in [4.69, 9.17) is 0 Å². The molecule has 1 aromatic rings. The number of rotatable bonds is 5. The molecule has 1 aliphatic carbocycles. The number of hydrogen-bond donors (Lipinski definition) is 2. The summed E-state index contributed by atoms with van der Waals surface area (Å²) in [5.41, 5.74) is 1.12. The lowest BCUT2D eigenvalue weighted by atomic mass is 9.83. The van der Waals surface area contributed by atoms with E-state index < -0.39 is 0 Å².